The minimum absolute atomic E-state index is 0.126. The zero-order valence-electron chi connectivity index (χ0n) is 12.4. The molecule has 3 N–H and O–H groups in total. The summed E-state index contributed by atoms with van der Waals surface area (Å²) in [6.07, 6.45) is 3.47. The quantitative estimate of drug-likeness (QED) is 0.492. The Kier molecular flexibility index (Phi) is 4.78. The SMILES string of the molecule is CCC1(CC)CCN(C(C(=O)NN)c2ccccc2)C1. The molecular weight excluding hydrogens is 250 g/mol. The molecule has 1 atom stereocenters. The van der Waals surface area contributed by atoms with Gasteiger partial charge in [0.25, 0.3) is 5.91 Å². The highest BCUT2D eigenvalue weighted by atomic mass is 16.2. The predicted octanol–water partition coefficient (Wildman–Crippen LogP) is 2.23. The number of rotatable bonds is 5. The molecule has 1 unspecified atom stereocenters. The summed E-state index contributed by atoms with van der Waals surface area (Å²) in [5.41, 5.74) is 3.68. The number of benzene rings is 1. The van der Waals surface area contributed by atoms with Crippen LogP contribution in [-0.4, -0.2) is 23.9 Å². The molecule has 0 aliphatic carbocycles. The molecule has 0 radical (unpaired) electrons. The Labute approximate surface area is 121 Å². The van der Waals surface area contributed by atoms with E-state index in [0.717, 1.165) is 37.9 Å². The monoisotopic (exact) mass is 275 g/mol. The van der Waals surface area contributed by atoms with Crippen LogP contribution in [-0.2, 0) is 4.79 Å². The lowest BCUT2D eigenvalue weighted by Crippen LogP contribution is -2.43. The van der Waals surface area contributed by atoms with Crippen molar-refractivity contribution in [3.8, 4) is 0 Å². The van der Waals surface area contributed by atoms with Crippen LogP contribution < -0.4 is 11.3 Å². The van der Waals surface area contributed by atoms with Crippen molar-refractivity contribution in [2.75, 3.05) is 13.1 Å². The molecule has 4 nitrogen and oxygen atoms in total. The lowest BCUT2D eigenvalue weighted by atomic mass is 9.82. The predicted molar refractivity (Wildman–Crippen MR) is 80.7 cm³/mol. The van der Waals surface area contributed by atoms with Crippen LogP contribution in [0.4, 0.5) is 0 Å². The topological polar surface area (TPSA) is 58.4 Å². The number of nitrogens with one attached hydrogen (secondary N) is 1. The molecule has 110 valence electrons. The van der Waals surface area contributed by atoms with Gasteiger partial charge in [-0.2, -0.15) is 0 Å². The van der Waals surface area contributed by atoms with Gasteiger partial charge in [0, 0.05) is 6.54 Å². The van der Waals surface area contributed by atoms with E-state index in [0.29, 0.717) is 5.41 Å². The summed E-state index contributed by atoms with van der Waals surface area (Å²) in [5, 5.41) is 0. The summed E-state index contributed by atoms with van der Waals surface area (Å²) >= 11 is 0. The minimum Gasteiger partial charge on any atom is -0.293 e. The molecule has 1 fully saturated rings. The molecule has 1 aromatic carbocycles. The third kappa shape index (κ3) is 2.86. The lowest BCUT2D eigenvalue weighted by molar-refractivity contribution is -0.126. The standard InChI is InChI=1S/C16H25N3O/c1-3-16(4-2)10-11-19(12-16)14(15(20)18-17)13-8-6-5-7-9-13/h5-9,14H,3-4,10-12,17H2,1-2H3,(H,18,20). The van der Waals surface area contributed by atoms with Crippen molar-refractivity contribution in [3.63, 3.8) is 0 Å². The van der Waals surface area contributed by atoms with Crippen molar-refractivity contribution in [2.24, 2.45) is 11.3 Å². The third-order valence-electron chi connectivity index (χ3n) is 4.84. The molecular formula is C16H25N3O. The average molecular weight is 275 g/mol. The van der Waals surface area contributed by atoms with Gasteiger partial charge >= 0.3 is 0 Å². The van der Waals surface area contributed by atoms with E-state index in [1.54, 1.807) is 0 Å². The van der Waals surface area contributed by atoms with E-state index < -0.39 is 0 Å². The van der Waals surface area contributed by atoms with Gasteiger partial charge in [-0.25, -0.2) is 5.84 Å². The van der Waals surface area contributed by atoms with Gasteiger partial charge in [-0.3, -0.25) is 15.1 Å². The molecule has 1 heterocycles. The number of nitrogens with zero attached hydrogens (tertiary/aromatic N) is 1. The molecule has 20 heavy (non-hydrogen) atoms. The molecule has 0 spiro atoms. The van der Waals surface area contributed by atoms with Gasteiger partial charge < -0.3 is 0 Å². The van der Waals surface area contributed by atoms with Gasteiger partial charge in [0.2, 0.25) is 0 Å². The highest BCUT2D eigenvalue weighted by Gasteiger charge is 2.40. The Hall–Kier alpha value is -1.39. The Morgan fingerprint density at radius 3 is 2.50 bits per heavy atom. The number of hydrazine groups is 1. The molecule has 0 saturated carbocycles. The zero-order chi connectivity index (χ0) is 14.6. The third-order valence-corrected chi connectivity index (χ3v) is 4.84. The molecule has 1 saturated heterocycles. The van der Waals surface area contributed by atoms with Gasteiger partial charge in [-0.1, -0.05) is 44.2 Å². The maximum absolute atomic E-state index is 12.2. The molecule has 1 aliphatic heterocycles. The molecule has 1 aromatic rings. The summed E-state index contributed by atoms with van der Waals surface area (Å²) in [4.78, 5) is 14.5. The van der Waals surface area contributed by atoms with Crippen LogP contribution in [0, 0.1) is 5.41 Å². The maximum Gasteiger partial charge on any atom is 0.255 e. The van der Waals surface area contributed by atoms with Crippen molar-refractivity contribution < 1.29 is 4.79 Å². The van der Waals surface area contributed by atoms with Crippen molar-refractivity contribution >= 4 is 5.91 Å². The highest BCUT2D eigenvalue weighted by molar-refractivity contribution is 5.82. The van der Waals surface area contributed by atoms with E-state index in [9.17, 15) is 4.79 Å². The van der Waals surface area contributed by atoms with E-state index in [4.69, 9.17) is 5.84 Å². The molecule has 1 aliphatic rings. The summed E-state index contributed by atoms with van der Waals surface area (Å²) in [7, 11) is 0. The van der Waals surface area contributed by atoms with Gasteiger partial charge in [0.15, 0.2) is 0 Å². The number of nitrogens with two attached hydrogens (primary N) is 1. The van der Waals surface area contributed by atoms with Crippen LogP contribution in [0.3, 0.4) is 0 Å². The first kappa shape index (κ1) is 15.0. The summed E-state index contributed by atoms with van der Waals surface area (Å²) < 4.78 is 0. The second-order valence-corrected chi connectivity index (χ2v) is 5.75. The lowest BCUT2D eigenvalue weighted by Gasteiger charge is -2.30. The summed E-state index contributed by atoms with van der Waals surface area (Å²) in [6.45, 7) is 6.41. The number of hydrogen-bond acceptors (Lipinski definition) is 3. The van der Waals surface area contributed by atoms with E-state index in [2.05, 4.69) is 24.2 Å². The minimum atomic E-state index is -0.277. The van der Waals surface area contributed by atoms with Crippen LogP contribution in [0.15, 0.2) is 30.3 Å². The van der Waals surface area contributed by atoms with Crippen LogP contribution in [0.25, 0.3) is 0 Å². The van der Waals surface area contributed by atoms with Crippen molar-refractivity contribution in [3.05, 3.63) is 35.9 Å². The largest absolute Gasteiger partial charge is 0.293 e. The number of carbonyl (C=O) groups is 1. The Morgan fingerprint density at radius 2 is 2.00 bits per heavy atom. The first-order valence-electron chi connectivity index (χ1n) is 7.45. The van der Waals surface area contributed by atoms with E-state index in [1.807, 2.05) is 30.3 Å². The van der Waals surface area contributed by atoms with Gasteiger partial charge in [0.1, 0.15) is 6.04 Å². The highest BCUT2D eigenvalue weighted by Crippen LogP contribution is 2.40. The average Bonchev–Trinajstić information content (AvgIpc) is 2.93. The summed E-state index contributed by atoms with van der Waals surface area (Å²) in [5.74, 6) is 5.26. The summed E-state index contributed by atoms with van der Waals surface area (Å²) in [6, 6.07) is 9.62. The Morgan fingerprint density at radius 1 is 1.35 bits per heavy atom. The molecule has 1 amide bonds. The smallest absolute Gasteiger partial charge is 0.255 e. The Bertz CT molecular complexity index is 442. The fourth-order valence-electron chi connectivity index (χ4n) is 3.26. The second kappa shape index (κ2) is 6.37. The van der Waals surface area contributed by atoms with Crippen LogP contribution in [0.5, 0.6) is 0 Å². The first-order chi connectivity index (χ1) is 9.65. The van der Waals surface area contributed by atoms with Crippen LogP contribution >= 0.6 is 0 Å². The zero-order valence-corrected chi connectivity index (χ0v) is 12.4. The number of amides is 1. The van der Waals surface area contributed by atoms with Gasteiger partial charge in [0.05, 0.1) is 0 Å². The van der Waals surface area contributed by atoms with Crippen molar-refractivity contribution in [1.82, 2.24) is 10.3 Å². The maximum atomic E-state index is 12.2. The van der Waals surface area contributed by atoms with Crippen LogP contribution in [0.2, 0.25) is 0 Å². The number of hydrogen-bond donors (Lipinski definition) is 2. The number of likely N-dealkylation sites (tertiary alicyclic amines) is 1. The first-order valence-corrected chi connectivity index (χ1v) is 7.45. The van der Waals surface area contributed by atoms with Crippen molar-refractivity contribution in [1.29, 1.82) is 0 Å². The number of carbonyl (C=O) groups excluding carboxylic acids is 1. The van der Waals surface area contributed by atoms with E-state index in [-0.39, 0.29) is 11.9 Å². The molecule has 0 bridgehead atoms. The normalized spacial score (nSPS) is 19.8. The Balaban J connectivity index is 2.24. The second-order valence-electron chi connectivity index (χ2n) is 5.75. The van der Waals surface area contributed by atoms with Gasteiger partial charge in [-0.05, 0) is 36.8 Å². The molecule has 2 rings (SSSR count). The van der Waals surface area contributed by atoms with E-state index in [1.165, 1.54) is 0 Å². The van der Waals surface area contributed by atoms with Crippen molar-refractivity contribution in [2.45, 2.75) is 39.2 Å². The molecule has 4 heteroatoms. The fourth-order valence-corrected chi connectivity index (χ4v) is 3.26. The fraction of sp³-hybridized carbons (Fsp3) is 0.562. The molecule has 0 aromatic heterocycles. The van der Waals surface area contributed by atoms with Gasteiger partial charge in [-0.15, -0.1) is 0 Å². The van der Waals surface area contributed by atoms with Crippen LogP contribution in [0.1, 0.15) is 44.7 Å². The van der Waals surface area contributed by atoms with E-state index >= 15 is 0 Å².